The van der Waals surface area contributed by atoms with Gasteiger partial charge in [0.25, 0.3) is 0 Å². The highest BCUT2D eigenvalue weighted by Gasteiger charge is 2.39. The Hall–Kier alpha value is -0.540. The molecule has 1 unspecified atom stereocenters. The van der Waals surface area contributed by atoms with Gasteiger partial charge in [-0.25, -0.2) is 0 Å². The van der Waals surface area contributed by atoms with E-state index in [4.69, 9.17) is 14.7 Å². The van der Waals surface area contributed by atoms with Gasteiger partial charge in [-0.2, -0.15) is 5.06 Å². The zero-order valence-electron chi connectivity index (χ0n) is 11.3. The van der Waals surface area contributed by atoms with Gasteiger partial charge >= 0.3 is 0 Å². The fourth-order valence-corrected chi connectivity index (χ4v) is 2.50. The Bertz CT molecular complexity index is 326. The molecule has 20 heavy (non-hydrogen) atoms. The molecule has 7 heteroatoms. The Balaban J connectivity index is 1.97. The summed E-state index contributed by atoms with van der Waals surface area (Å²) in [6.45, 7) is -0.604. The molecule has 1 aliphatic heterocycles. The minimum absolute atomic E-state index is 0.0869. The number of aliphatic hydroxyl groups excluding tert-OH is 4. The fraction of sp³-hybridized carbons (Fsp3) is 0.846. The van der Waals surface area contributed by atoms with Gasteiger partial charge < -0.3 is 25.2 Å². The molecule has 0 bridgehead atoms. The van der Waals surface area contributed by atoms with E-state index in [0.717, 1.165) is 19.3 Å². The summed E-state index contributed by atoms with van der Waals surface area (Å²) in [6.07, 6.45) is 3.04. The smallest absolute Gasteiger partial charge is 0.206 e. The van der Waals surface area contributed by atoms with Crippen molar-refractivity contribution < 1.29 is 30.0 Å². The molecule has 2 aliphatic rings. The number of aliphatic hydroxyl groups is 4. The Morgan fingerprint density at radius 3 is 2.70 bits per heavy atom. The third kappa shape index (κ3) is 3.76. The highest BCUT2D eigenvalue weighted by molar-refractivity contribution is 4.97. The van der Waals surface area contributed by atoms with Gasteiger partial charge in [-0.1, -0.05) is 12.2 Å². The second-order valence-corrected chi connectivity index (χ2v) is 5.19. The van der Waals surface area contributed by atoms with Crippen LogP contribution in [-0.4, -0.2) is 69.5 Å². The highest BCUT2D eigenvalue weighted by Crippen LogP contribution is 2.24. The maximum atomic E-state index is 9.89. The monoisotopic (exact) mass is 289 g/mol. The molecule has 0 radical (unpaired) electrons. The van der Waals surface area contributed by atoms with Crippen LogP contribution in [0.2, 0.25) is 0 Å². The van der Waals surface area contributed by atoms with Crippen LogP contribution in [0.4, 0.5) is 0 Å². The third-order valence-corrected chi connectivity index (χ3v) is 3.69. The van der Waals surface area contributed by atoms with Crippen LogP contribution in [0.1, 0.15) is 25.7 Å². The van der Waals surface area contributed by atoms with Crippen molar-refractivity contribution in [2.24, 2.45) is 0 Å². The number of rotatable bonds is 5. The Morgan fingerprint density at radius 2 is 2.10 bits per heavy atom. The molecule has 0 aromatic rings. The first kappa shape index (κ1) is 15.8. The van der Waals surface area contributed by atoms with E-state index in [1.165, 1.54) is 5.06 Å². The highest BCUT2D eigenvalue weighted by atomic mass is 16.8. The maximum Gasteiger partial charge on any atom is 0.206 e. The summed E-state index contributed by atoms with van der Waals surface area (Å²) in [7, 11) is 0. The van der Waals surface area contributed by atoms with E-state index in [1.54, 1.807) is 0 Å². The van der Waals surface area contributed by atoms with Crippen LogP contribution in [0.3, 0.4) is 0 Å². The average molecular weight is 289 g/mol. The molecule has 1 saturated heterocycles. The second-order valence-electron chi connectivity index (χ2n) is 5.19. The Kier molecular flexibility index (Phi) is 5.91. The molecule has 5 atom stereocenters. The van der Waals surface area contributed by atoms with Crippen molar-refractivity contribution in [1.82, 2.24) is 5.06 Å². The van der Waals surface area contributed by atoms with Crippen molar-refractivity contribution in [2.75, 3.05) is 13.3 Å². The van der Waals surface area contributed by atoms with Crippen LogP contribution >= 0.6 is 0 Å². The van der Waals surface area contributed by atoms with Crippen molar-refractivity contribution in [1.29, 1.82) is 0 Å². The molecular formula is C13H23NO6. The number of nitrogens with zero attached hydrogens (tertiary/aromatic N) is 1. The van der Waals surface area contributed by atoms with Crippen molar-refractivity contribution in [3.05, 3.63) is 12.2 Å². The summed E-state index contributed by atoms with van der Waals surface area (Å²) in [5.74, 6) is 0. The second kappa shape index (κ2) is 7.46. The lowest BCUT2D eigenvalue weighted by Crippen LogP contribution is -2.53. The molecule has 0 aromatic heterocycles. The van der Waals surface area contributed by atoms with E-state index in [1.807, 2.05) is 12.2 Å². The van der Waals surface area contributed by atoms with Gasteiger partial charge in [-0.15, -0.1) is 0 Å². The molecule has 2 rings (SSSR count). The summed E-state index contributed by atoms with van der Waals surface area (Å²) in [6, 6.07) is -0.0869. The number of hydroxylamine groups is 2. The van der Waals surface area contributed by atoms with Gasteiger partial charge in [0.05, 0.1) is 24.9 Å². The number of hydrogen-bond donors (Lipinski definition) is 4. The molecule has 0 amide bonds. The van der Waals surface area contributed by atoms with E-state index in [0.29, 0.717) is 0 Å². The SMILES string of the molecule is OC[C@@H]1C[C@H](O)[C@@H](O)[C@@H](ON(CO)C2C=CCCC2)O1. The summed E-state index contributed by atoms with van der Waals surface area (Å²) in [5.41, 5.74) is 0. The molecule has 1 fully saturated rings. The molecule has 1 aliphatic carbocycles. The number of ether oxygens (including phenoxy) is 1. The lowest BCUT2D eigenvalue weighted by Gasteiger charge is -2.39. The van der Waals surface area contributed by atoms with Crippen molar-refractivity contribution in [3.8, 4) is 0 Å². The first-order chi connectivity index (χ1) is 9.65. The minimum Gasteiger partial charge on any atom is -0.394 e. The molecular weight excluding hydrogens is 266 g/mol. The summed E-state index contributed by atoms with van der Waals surface area (Å²) >= 11 is 0. The van der Waals surface area contributed by atoms with Crippen LogP contribution in [-0.2, 0) is 9.57 Å². The van der Waals surface area contributed by atoms with Crippen molar-refractivity contribution >= 4 is 0 Å². The summed E-state index contributed by atoms with van der Waals surface area (Å²) < 4.78 is 5.38. The molecule has 7 nitrogen and oxygen atoms in total. The lowest BCUT2D eigenvalue weighted by molar-refractivity contribution is -0.363. The first-order valence-electron chi connectivity index (χ1n) is 6.99. The summed E-state index contributed by atoms with van der Waals surface area (Å²) in [5, 5.41) is 39.5. The molecule has 1 heterocycles. The van der Waals surface area contributed by atoms with Gasteiger partial charge in [0, 0.05) is 6.42 Å². The van der Waals surface area contributed by atoms with Crippen LogP contribution in [0.25, 0.3) is 0 Å². The fourth-order valence-electron chi connectivity index (χ4n) is 2.50. The molecule has 116 valence electrons. The largest absolute Gasteiger partial charge is 0.394 e. The summed E-state index contributed by atoms with van der Waals surface area (Å²) in [4.78, 5) is 5.48. The van der Waals surface area contributed by atoms with Gasteiger partial charge in [0.1, 0.15) is 12.8 Å². The van der Waals surface area contributed by atoms with E-state index < -0.39 is 24.6 Å². The Labute approximate surface area is 118 Å². The van der Waals surface area contributed by atoms with Crippen LogP contribution in [0, 0.1) is 0 Å². The Morgan fingerprint density at radius 1 is 1.30 bits per heavy atom. The van der Waals surface area contributed by atoms with Gasteiger partial charge in [-0.3, -0.25) is 4.84 Å². The predicted octanol–water partition coefficient (Wildman–Crippen LogP) is -0.892. The quantitative estimate of drug-likeness (QED) is 0.296. The van der Waals surface area contributed by atoms with Crippen molar-refractivity contribution in [3.63, 3.8) is 0 Å². The van der Waals surface area contributed by atoms with E-state index in [9.17, 15) is 15.3 Å². The molecule has 4 N–H and O–H groups in total. The maximum absolute atomic E-state index is 9.89. The number of hydrogen-bond acceptors (Lipinski definition) is 7. The third-order valence-electron chi connectivity index (χ3n) is 3.69. The van der Waals surface area contributed by atoms with Crippen LogP contribution < -0.4 is 0 Å². The van der Waals surface area contributed by atoms with E-state index >= 15 is 0 Å². The first-order valence-corrected chi connectivity index (χ1v) is 6.99. The van der Waals surface area contributed by atoms with Crippen LogP contribution in [0.15, 0.2) is 12.2 Å². The van der Waals surface area contributed by atoms with Gasteiger partial charge in [0.2, 0.25) is 6.29 Å². The standard InChI is InChI=1S/C13H23NO6/c15-7-10-6-11(17)12(18)13(19-10)20-14(8-16)9-4-2-1-3-5-9/h2,4,9-13,15-18H,1,3,5-8H2/t9?,10-,11-,12+,13+/m0/s1. The molecule has 0 spiro atoms. The molecule has 0 saturated carbocycles. The minimum atomic E-state index is -1.21. The number of allylic oxidation sites excluding steroid dienone is 1. The lowest BCUT2D eigenvalue weighted by atomic mass is 10.0. The van der Waals surface area contributed by atoms with Gasteiger partial charge in [0.15, 0.2) is 0 Å². The average Bonchev–Trinajstić information content (AvgIpc) is 2.49. The predicted molar refractivity (Wildman–Crippen MR) is 69.2 cm³/mol. The molecule has 0 aromatic carbocycles. The van der Waals surface area contributed by atoms with Crippen LogP contribution in [0.5, 0.6) is 0 Å². The van der Waals surface area contributed by atoms with E-state index in [2.05, 4.69) is 0 Å². The topological polar surface area (TPSA) is 103 Å². The van der Waals surface area contributed by atoms with E-state index in [-0.39, 0.29) is 25.8 Å². The van der Waals surface area contributed by atoms with Gasteiger partial charge in [-0.05, 0) is 19.3 Å². The zero-order chi connectivity index (χ0) is 14.5. The van der Waals surface area contributed by atoms with Crippen molar-refractivity contribution in [2.45, 2.75) is 56.3 Å². The zero-order valence-corrected chi connectivity index (χ0v) is 11.3. The normalized spacial score (nSPS) is 38.4.